The van der Waals surface area contributed by atoms with Gasteiger partial charge in [0.05, 0.1) is 24.3 Å². The number of benzene rings is 1. The van der Waals surface area contributed by atoms with E-state index in [2.05, 4.69) is 4.98 Å². The molecule has 1 aromatic carbocycles. The fourth-order valence-corrected chi connectivity index (χ4v) is 2.06. The Kier molecular flexibility index (Phi) is 2.09. The molecule has 2 N–H and O–H groups in total. The highest BCUT2D eigenvalue weighted by Gasteiger charge is 2.18. The fraction of sp³-hybridized carbons (Fsp3) is 0.167. The Morgan fingerprint density at radius 1 is 1.41 bits per heavy atom. The molecule has 1 aliphatic heterocycles. The minimum atomic E-state index is -0.777. The highest BCUT2D eigenvalue weighted by Crippen LogP contribution is 2.28. The number of nitrogens with zero attached hydrogens (tertiary/aromatic N) is 1. The van der Waals surface area contributed by atoms with Crippen LogP contribution < -0.4 is 5.73 Å². The van der Waals surface area contributed by atoms with Crippen LogP contribution >= 0.6 is 0 Å². The summed E-state index contributed by atoms with van der Waals surface area (Å²) in [6, 6.07) is 2.68. The highest BCUT2D eigenvalue weighted by atomic mass is 19.1. The second-order valence-electron chi connectivity index (χ2n) is 3.97. The van der Waals surface area contributed by atoms with Crippen molar-refractivity contribution in [3.63, 3.8) is 0 Å². The Morgan fingerprint density at radius 3 is 3.00 bits per heavy atom. The molecule has 0 fully saturated rings. The van der Waals surface area contributed by atoms with Gasteiger partial charge in [-0.1, -0.05) is 0 Å². The third kappa shape index (κ3) is 1.47. The normalized spacial score (nSPS) is 13.9. The van der Waals surface area contributed by atoms with Gasteiger partial charge < -0.3 is 10.5 Å². The Hall–Kier alpha value is -2.01. The Morgan fingerprint density at radius 2 is 2.24 bits per heavy atom. The Bertz CT molecular complexity index is 640. The van der Waals surface area contributed by atoms with Crippen LogP contribution in [0.25, 0.3) is 10.9 Å². The lowest BCUT2D eigenvalue weighted by Crippen LogP contribution is -2.13. The quantitative estimate of drug-likeness (QED) is 0.810. The van der Waals surface area contributed by atoms with Crippen LogP contribution in [-0.2, 0) is 18.0 Å². The van der Waals surface area contributed by atoms with Crippen molar-refractivity contribution in [2.45, 2.75) is 13.2 Å². The van der Waals surface area contributed by atoms with Gasteiger partial charge in [0.15, 0.2) is 0 Å². The number of carbonyl (C=O) groups is 1. The molecule has 17 heavy (non-hydrogen) atoms. The third-order valence-corrected chi connectivity index (χ3v) is 2.93. The van der Waals surface area contributed by atoms with E-state index >= 15 is 0 Å². The van der Waals surface area contributed by atoms with Crippen LogP contribution in [0.5, 0.6) is 0 Å². The number of nitrogens with two attached hydrogens (primary N) is 1. The largest absolute Gasteiger partial charge is 0.372 e. The number of fused-ring (bicyclic) bond motifs is 3. The molecule has 86 valence electrons. The van der Waals surface area contributed by atoms with Crippen molar-refractivity contribution in [3.05, 3.63) is 40.8 Å². The van der Waals surface area contributed by atoms with Crippen LogP contribution in [0.4, 0.5) is 4.39 Å². The molecule has 1 aliphatic rings. The molecular weight excluding hydrogens is 223 g/mol. The Labute approximate surface area is 96.2 Å². The molecule has 0 aliphatic carbocycles. The first-order valence-corrected chi connectivity index (χ1v) is 5.14. The first-order valence-electron chi connectivity index (χ1n) is 5.14. The summed E-state index contributed by atoms with van der Waals surface area (Å²) in [5, 5.41) is 0.732. The van der Waals surface area contributed by atoms with Crippen LogP contribution in [0, 0.1) is 5.82 Å². The molecule has 0 saturated heterocycles. The van der Waals surface area contributed by atoms with Gasteiger partial charge in [0.1, 0.15) is 5.82 Å². The van der Waals surface area contributed by atoms with Crippen molar-refractivity contribution in [2.24, 2.45) is 5.73 Å². The lowest BCUT2D eigenvalue weighted by molar-refractivity contribution is 0.0996. The van der Waals surface area contributed by atoms with Crippen LogP contribution in [0.1, 0.15) is 21.5 Å². The average molecular weight is 232 g/mol. The number of ether oxygens (including phenoxy) is 1. The van der Waals surface area contributed by atoms with Crippen molar-refractivity contribution >= 4 is 16.8 Å². The molecule has 0 saturated carbocycles. The van der Waals surface area contributed by atoms with Crippen LogP contribution in [0.15, 0.2) is 18.3 Å². The van der Waals surface area contributed by atoms with Crippen molar-refractivity contribution in [3.8, 4) is 0 Å². The number of primary amides is 1. The van der Waals surface area contributed by atoms with Crippen LogP contribution in [0.3, 0.4) is 0 Å². The number of halogens is 1. The van der Waals surface area contributed by atoms with E-state index in [-0.39, 0.29) is 5.56 Å². The van der Waals surface area contributed by atoms with Crippen LogP contribution in [-0.4, -0.2) is 10.9 Å². The molecule has 4 nitrogen and oxygen atoms in total. The zero-order valence-electron chi connectivity index (χ0n) is 8.87. The van der Waals surface area contributed by atoms with Gasteiger partial charge in [-0.3, -0.25) is 9.78 Å². The van der Waals surface area contributed by atoms with Gasteiger partial charge in [-0.05, 0) is 11.6 Å². The number of rotatable bonds is 1. The first kappa shape index (κ1) is 10.2. The maximum absolute atomic E-state index is 13.6. The highest BCUT2D eigenvalue weighted by molar-refractivity contribution is 5.98. The second kappa shape index (κ2) is 3.49. The molecule has 0 radical (unpaired) electrons. The number of carbonyl (C=O) groups excluding carboxylic acids is 1. The lowest BCUT2D eigenvalue weighted by atomic mass is 10.0. The van der Waals surface area contributed by atoms with E-state index in [0.29, 0.717) is 18.7 Å². The molecule has 0 bridgehead atoms. The van der Waals surface area contributed by atoms with Crippen molar-refractivity contribution < 1.29 is 13.9 Å². The minimum absolute atomic E-state index is 0.111. The van der Waals surface area contributed by atoms with E-state index in [4.69, 9.17) is 10.5 Å². The van der Waals surface area contributed by atoms with E-state index < -0.39 is 11.7 Å². The molecule has 1 aromatic heterocycles. The SMILES string of the molecule is NC(=O)c1cc2c3c(cnc2cc1F)COC3. The zero-order valence-corrected chi connectivity index (χ0v) is 8.87. The van der Waals surface area contributed by atoms with Gasteiger partial charge in [-0.15, -0.1) is 0 Å². The van der Waals surface area contributed by atoms with E-state index in [0.717, 1.165) is 16.5 Å². The van der Waals surface area contributed by atoms with Gasteiger partial charge in [-0.2, -0.15) is 0 Å². The summed E-state index contributed by atoms with van der Waals surface area (Å²) in [6.45, 7) is 0.958. The summed E-state index contributed by atoms with van der Waals surface area (Å²) >= 11 is 0. The number of amides is 1. The number of pyridine rings is 1. The first-order chi connectivity index (χ1) is 8.16. The molecule has 1 amide bonds. The average Bonchev–Trinajstić information content (AvgIpc) is 2.75. The van der Waals surface area contributed by atoms with Gasteiger partial charge in [0, 0.05) is 23.2 Å². The molecule has 3 rings (SSSR count). The third-order valence-electron chi connectivity index (χ3n) is 2.93. The summed E-state index contributed by atoms with van der Waals surface area (Å²) in [6.07, 6.45) is 1.67. The van der Waals surface area contributed by atoms with Crippen molar-refractivity contribution in [1.29, 1.82) is 0 Å². The summed E-state index contributed by atoms with van der Waals surface area (Å²) in [7, 11) is 0. The lowest BCUT2D eigenvalue weighted by Gasteiger charge is -2.05. The molecule has 2 aromatic rings. The van der Waals surface area contributed by atoms with Crippen molar-refractivity contribution in [1.82, 2.24) is 4.98 Å². The number of hydrogen-bond donors (Lipinski definition) is 1. The number of aromatic nitrogens is 1. The van der Waals surface area contributed by atoms with Gasteiger partial charge in [0.2, 0.25) is 0 Å². The summed E-state index contributed by atoms with van der Waals surface area (Å²) in [4.78, 5) is 15.2. The standard InChI is InChI=1S/C12H9FN2O2/c13-10-2-11-7(1-8(10)12(14)16)9-5-17-4-6(9)3-15-11/h1-3H,4-5H2,(H2,14,16). The molecule has 2 heterocycles. The maximum Gasteiger partial charge on any atom is 0.251 e. The predicted molar refractivity (Wildman–Crippen MR) is 58.7 cm³/mol. The summed E-state index contributed by atoms with van der Waals surface area (Å²) in [5.74, 6) is -1.42. The topological polar surface area (TPSA) is 65.2 Å². The van der Waals surface area contributed by atoms with Gasteiger partial charge in [-0.25, -0.2) is 4.39 Å². The smallest absolute Gasteiger partial charge is 0.251 e. The van der Waals surface area contributed by atoms with E-state index in [1.165, 1.54) is 12.1 Å². The predicted octanol–water partition coefficient (Wildman–Crippen LogP) is 1.50. The second-order valence-corrected chi connectivity index (χ2v) is 3.97. The summed E-state index contributed by atoms with van der Waals surface area (Å²) in [5.41, 5.74) is 7.45. The number of hydrogen-bond acceptors (Lipinski definition) is 3. The minimum Gasteiger partial charge on any atom is -0.372 e. The van der Waals surface area contributed by atoms with Crippen molar-refractivity contribution in [2.75, 3.05) is 0 Å². The van der Waals surface area contributed by atoms with E-state index in [1.807, 2.05) is 0 Å². The fourth-order valence-electron chi connectivity index (χ4n) is 2.06. The monoisotopic (exact) mass is 232 g/mol. The molecular formula is C12H9FN2O2. The van der Waals surface area contributed by atoms with Gasteiger partial charge >= 0.3 is 0 Å². The van der Waals surface area contributed by atoms with E-state index in [9.17, 15) is 9.18 Å². The summed E-state index contributed by atoms with van der Waals surface area (Å²) < 4.78 is 18.9. The van der Waals surface area contributed by atoms with E-state index in [1.54, 1.807) is 6.20 Å². The molecule has 0 unspecified atom stereocenters. The van der Waals surface area contributed by atoms with Crippen LogP contribution in [0.2, 0.25) is 0 Å². The van der Waals surface area contributed by atoms with Gasteiger partial charge in [0.25, 0.3) is 5.91 Å². The molecule has 0 atom stereocenters. The zero-order chi connectivity index (χ0) is 12.0. The maximum atomic E-state index is 13.6. The molecule has 5 heteroatoms. The molecule has 0 spiro atoms. The Balaban J connectivity index is 2.36.